The number of nitrogens with zero attached hydrogens (tertiary/aromatic N) is 3. The summed E-state index contributed by atoms with van der Waals surface area (Å²) in [6, 6.07) is 29.3. The van der Waals surface area contributed by atoms with Gasteiger partial charge in [-0.2, -0.15) is 0 Å². The quantitative estimate of drug-likeness (QED) is 0.390. The number of carbonyl (C=O) groups excluding carboxylic acids is 1. The van der Waals surface area contributed by atoms with E-state index in [1.807, 2.05) is 76.3 Å². The Hall–Kier alpha value is -4.52. The number of hydrogen-bond donors (Lipinski definition) is 0. The molecule has 1 aliphatic carbocycles. The first-order valence-electron chi connectivity index (χ1n) is 13.4. The first kappa shape index (κ1) is 23.6. The van der Waals surface area contributed by atoms with E-state index in [1.165, 1.54) is 6.07 Å². The van der Waals surface area contributed by atoms with Gasteiger partial charge in [-0.05, 0) is 36.0 Å². The topological polar surface area (TPSA) is 64.0 Å². The molecule has 1 aromatic heterocycles. The molecule has 7 heteroatoms. The lowest BCUT2D eigenvalue weighted by Crippen LogP contribution is -2.57. The zero-order valence-electron chi connectivity index (χ0n) is 21.5. The van der Waals surface area contributed by atoms with E-state index in [0.29, 0.717) is 19.1 Å². The van der Waals surface area contributed by atoms with Gasteiger partial charge < -0.3 is 14.4 Å². The van der Waals surface area contributed by atoms with Gasteiger partial charge >= 0.3 is 0 Å². The Bertz CT molecular complexity index is 1560. The minimum Gasteiger partial charge on any atom is -0.490 e. The number of carbonyl (C=O) groups is 1. The minimum atomic E-state index is -0.305. The second-order valence-corrected chi connectivity index (χ2v) is 10.5. The Labute approximate surface area is 226 Å². The molecule has 1 atom stereocenters. The highest BCUT2D eigenvalue weighted by Gasteiger charge is 2.42. The SMILES string of the molecule is O=C1c2c(OCc3ccccc3)c(=O)ccn2N2CN1CC1CC(C1)Oc1ccccc1[C@H]2c1ccccc1. The first-order valence-corrected chi connectivity index (χ1v) is 13.4. The van der Waals surface area contributed by atoms with Crippen molar-refractivity contribution in [3.63, 3.8) is 0 Å². The van der Waals surface area contributed by atoms with Crippen molar-refractivity contribution >= 4 is 5.91 Å². The Morgan fingerprint density at radius 3 is 2.36 bits per heavy atom. The van der Waals surface area contributed by atoms with Crippen molar-refractivity contribution < 1.29 is 14.3 Å². The van der Waals surface area contributed by atoms with Crippen LogP contribution in [0, 0.1) is 5.92 Å². The summed E-state index contributed by atoms with van der Waals surface area (Å²) < 4.78 is 14.5. The molecule has 3 aromatic carbocycles. The largest absolute Gasteiger partial charge is 0.490 e. The Morgan fingerprint density at radius 2 is 1.56 bits per heavy atom. The summed E-state index contributed by atoms with van der Waals surface area (Å²) in [5.74, 6) is 1.09. The number of aromatic nitrogens is 1. The number of rotatable bonds is 4. The summed E-state index contributed by atoms with van der Waals surface area (Å²) >= 11 is 0. The zero-order valence-corrected chi connectivity index (χ0v) is 21.5. The average Bonchev–Trinajstić information content (AvgIpc) is 2.99. The third-order valence-electron chi connectivity index (χ3n) is 7.93. The molecule has 1 saturated carbocycles. The van der Waals surface area contributed by atoms with Crippen molar-refractivity contribution in [2.24, 2.45) is 5.92 Å². The van der Waals surface area contributed by atoms with Crippen molar-refractivity contribution in [2.75, 3.05) is 18.2 Å². The lowest BCUT2D eigenvalue weighted by Gasteiger charge is -2.45. The van der Waals surface area contributed by atoms with Gasteiger partial charge in [0.15, 0.2) is 11.4 Å². The summed E-state index contributed by atoms with van der Waals surface area (Å²) in [6.07, 6.45) is 3.62. The second-order valence-electron chi connectivity index (χ2n) is 10.5. The van der Waals surface area contributed by atoms with Crippen molar-refractivity contribution in [2.45, 2.75) is 31.6 Å². The van der Waals surface area contributed by atoms with Crippen LogP contribution in [0.5, 0.6) is 11.5 Å². The predicted molar refractivity (Wildman–Crippen MR) is 147 cm³/mol. The number of ether oxygens (including phenoxy) is 2. The van der Waals surface area contributed by atoms with E-state index in [4.69, 9.17) is 9.47 Å². The fourth-order valence-electron chi connectivity index (χ4n) is 5.96. The molecule has 0 saturated heterocycles. The summed E-state index contributed by atoms with van der Waals surface area (Å²) in [5.41, 5.74) is 2.96. The number of amides is 1. The van der Waals surface area contributed by atoms with Gasteiger partial charge in [-0.3, -0.25) is 19.3 Å². The van der Waals surface area contributed by atoms with Crippen molar-refractivity contribution in [1.82, 2.24) is 9.58 Å². The van der Waals surface area contributed by atoms with Gasteiger partial charge in [0.05, 0.1) is 6.10 Å². The molecule has 1 amide bonds. The van der Waals surface area contributed by atoms with Gasteiger partial charge in [0.1, 0.15) is 25.1 Å². The lowest BCUT2D eigenvalue weighted by atomic mass is 9.81. The van der Waals surface area contributed by atoms with Gasteiger partial charge in [-0.1, -0.05) is 78.9 Å². The molecule has 1 fully saturated rings. The molecule has 0 radical (unpaired) electrons. The normalized spacial score (nSPS) is 21.5. The van der Waals surface area contributed by atoms with Gasteiger partial charge in [-0.25, -0.2) is 0 Å². The van der Waals surface area contributed by atoms with Crippen LogP contribution >= 0.6 is 0 Å². The van der Waals surface area contributed by atoms with Crippen LogP contribution in [-0.4, -0.2) is 34.8 Å². The standard InChI is InChI=1S/C32H29N3O4/c36-27-15-16-34-30(31(27)38-20-22-9-3-1-4-10-22)32(37)33-19-23-17-25(18-23)39-28-14-8-7-13-26(28)29(35(34)21-33)24-11-5-2-6-12-24/h1-16,23,25,29H,17-21H2/t23?,25?,29-/m1/s1. The number of benzene rings is 3. The fourth-order valence-corrected chi connectivity index (χ4v) is 5.96. The van der Waals surface area contributed by atoms with Crippen LogP contribution < -0.4 is 19.9 Å². The summed E-state index contributed by atoms with van der Waals surface area (Å²) in [4.78, 5) is 29.1. The molecule has 196 valence electrons. The molecule has 0 N–H and O–H groups in total. The van der Waals surface area contributed by atoms with Crippen LogP contribution in [0.3, 0.4) is 0 Å². The highest BCUT2D eigenvalue weighted by atomic mass is 16.5. The average molecular weight is 520 g/mol. The zero-order chi connectivity index (χ0) is 26.3. The van der Waals surface area contributed by atoms with Crippen LogP contribution in [0.15, 0.2) is 102 Å². The molecule has 3 aliphatic heterocycles. The van der Waals surface area contributed by atoms with Gasteiger partial charge in [0, 0.05) is 24.4 Å². The number of para-hydroxylation sites is 1. The third kappa shape index (κ3) is 4.24. The number of hydrogen-bond acceptors (Lipinski definition) is 5. The Balaban J connectivity index is 1.41. The third-order valence-corrected chi connectivity index (χ3v) is 7.93. The van der Waals surface area contributed by atoms with E-state index in [-0.39, 0.29) is 41.5 Å². The van der Waals surface area contributed by atoms with Gasteiger partial charge in [0.25, 0.3) is 5.91 Å². The van der Waals surface area contributed by atoms with Crippen LogP contribution in [0.2, 0.25) is 0 Å². The summed E-state index contributed by atoms with van der Waals surface area (Å²) in [5, 5.41) is 2.14. The van der Waals surface area contributed by atoms with Crippen molar-refractivity contribution in [1.29, 1.82) is 0 Å². The molecule has 4 bridgehead atoms. The van der Waals surface area contributed by atoms with E-state index in [1.54, 1.807) is 6.20 Å². The molecular weight excluding hydrogens is 490 g/mol. The lowest BCUT2D eigenvalue weighted by molar-refractivity contribution is 0.0342. The molecule has 39 heavy (non-hydrogen) atoms. The molecule has 4 aromatic rings. The van der Waals surface area contributed by atoms with Crippen LogP contribution in [0.25, 0.3) is 0 Å². The summed E-state index contributed by atoms with van der Waals surface area (Å²) in [6.45, 7) is 1.18. The number of fused-ring (bicyclic) bond motifs is 1. The maximum atomic E-state index is 14.0. The number of pyridine rings is 1. The maximum absolute atomic E-state index is 14.0. The summed E-state index contributed by atoms with van der Waals surface area (Å²) in [7, 11) is 0. The van der Waals surface area contributed by atoms with Crippen LogP contribution in [-0.2, 0) is 6.61 Å². The molecule has 0 spiro atoms. The maximum Gasteiger partial charge on any atom is 0.277 e. The molecule has 7 nitrogen and oxygen atoms in total. The van der Waals surface area contributed by atoms with E-state index in [9.17, 15) is 9.59 Å². The molecule has 4 heterocycles. The van der Waals surface area contributed by atoms with E-state index in [0.717, 1.165) is 35.3 Å². The highest BCUT2D eigenvalue weighted by Crippen LogP contribution is 2.41. The van der Waals surface area contributed by atoms with Gasteiger partial charge in [-0.15, -0.1) is 0 Å². The monoisotopic (exact) mass is 519 g/mol. The molecule has 4 aliphatic rings. The van der Waals surface area contributed by atoms with Gasteiger partial charge in [0.2, 0.25) is 5.43 Å². The molecule has 0 unspecified atom stereocenters. The van der Waals surface area contributed by atoms with Crippen molar-refractivity contribution in [3.8, 4) is 11.5 Å². The minimum absolute atomic E-state index is 0.0822. The van der Waals surface area contributed by atoms with E-state index in [2.05, 4.69) is 23.2 Å². The smallest absolute Gasteiger partial charge is 0.277 e. The Morgan fingerprint density at radius 1 is 0.846 bits per heavy atom. The predicted octanol–water partition coefficient (Wildman–Crippen LogP) is 4.74. The van der Waals surface area contributed by atoms with Crippen LogP contribution in [0.4, 0.5) is 0 Å². The second kappa shape index (κ2) is 9.66. The fraction of sp³-hybridized carbons (Fsp3) is 0.250. The van der Waals surface area contributed by atoms with E-state index >= 15 is 0 Å². The van der Waals surface area contributed by atoms with Crippen LogP contribution in [0.1, 0.15) is 46.1 Å². The van der Waals surface area contributed by atoms with Crippen molar-refractivity contribution in [3.05, 3.63) is 130 Å². The Kier molecular flexibility index (Phi) is 5.84. The van der Waals surface area contributed by atoms with E-state index < -0.39 is 0 Å². The molecule has 8 rings (SSSR count). The highest BCUT2D eigenvalue weighted by molar-refractivity contribution is 5.96. The first-order chi connectivity index (χ1) is 19.2. The molecular formula is C32H29N3O4.